The Bertz CT molecular complexity index is 905. The minimum atomic E-state index is -1.07. The third-order valence-corrected chi connectivity index (χ3v) is 6.11. The number of amides is 3. The molecule has 2 N–H and O–H groups in total. The van der Waals surface area contributed by atoms with Crippen molar-refractivity contribution in [3.05, 3.63) is 39.8 Å². The largest absolute Gasteiger partial charge is 0.354 e. The van der Waals surface area contributed by atoms with Crippen LogP contribution in [0.3, 0.4) is 0 Å². The number of carbonyl (C=O) groups excluding carboxylic acids is 3. The number of likely N-dealkylation sites (N-methyl/N-ethyl adjacent to an activating group) is 1. The topological polar surface area (TPSA) is 96.3 Å². The molecule has 1 atom stereocenters. The van der Waals surface area contributed by atoms with Crippen LogP contribution in [0.4, 0.5) is 0 Å². The molecule has 1 aliphatic rings. The van der Waals surface area contributed by atoms with Crippen molar-refractivity contribution in [2.24, 2.45) is 5.92 Å². The van der Waals surface area contributed by atoms with Crippen LogP contribution < -0.4 is 10.6 Å². The number of nitrogens with one attached hydrogen (secondary N) is 2. The van der Waals surface area contributed by atoms with Crippen LogP contribution >= 0.6 is 11.3 Å². The lowest BCUT2D eigenvalue weighted by Gasteiger charge is -2.40. The van der Waals surface area contributed by atoms with Gasteiger partial charge in [-0.2, -0.15) is 5.10 Å². The van der Waals surface area contributed by atoms with Crippen LogP contribution in [0.5, 0.6) is 0 Å². The van der Waals surface area contributed by atoms with Crippen LogP contribution in [0.15, 0.2) is 23.6 Å². The number of hydrogen-bond donors (Lipinski definition) is 2. The van der Waals surface area contributed by atoms with Crippen molar-refractivity contribution >= 4 is 29.1 Å². The molecular formula is C20H27N5O3S. The summed E-state index contributed by atoms with van der Waals surface area (Å²) >= 11 is 1.55. The molecule has 156 valence electrons. The van der Waals surface area contributed by atoms with Gasteiger partial charge in [0.25, 0.3) is 11.8 Å². The molecule has 0 saturated carbocycles. The number of fused-ring (bicyclic) bond motifs is 1. The van der Waals surface area contributed by atoms with E-state index in [0.717, 1.165) is 11.3 Å². The monoisotopic (exact) mass is 417 g/mol. The minimum absolute atomic E-state index is 0.169. The number of hydrogen-bond acceptors (Lipinski definition) is 5. The summed E-state index contributed by atoms with van der Waals surface area (Å²) in [6, 6.07) is 5.34. The van der Waals surface area contributed by atoms with Gasteiger partial charge >= 0.3 is 0 Å². The molecule has 0 bridgehead atoms. The summed E-state index contributed by atoms with van der Waals surface area (Å²) < 4.78 is 1.46. The third kappa shape index (κ3) is 4.34. The zero-order chi connectivity index (χ0) is 21.2. The number of carbonyl (C=O) groups is 3. The van der Waals surface area contributed by atoms with Gasteiger partial charge in [-0.1, -0.05) is 19.9 Å². The van der Waals surface area contributed by atoms with E-state index in [4.69, 9.17) is 0 Å². The third-order valence-electron chi connectivity index (χ3n) is 5.23. The van der Waals surface area contributed by atoms with Gasteiger partial charge in [-0.3, -0.25) is 19.1 Å². The molecule has 0 saturated heterocycles. The van der Waals surface area contributed by atoms with Crippen LogP contribution in [0, 0.1) is 5.92 Å². The first-order chi connectivity index (χ1) is 13.7. The molecule has 3 rings (SSSR count). The second-order valence-electron chi connectivity index (χ2n) is 7.91. The number of aromatic nitrogens is 2. The Morgan fingerprint density at radius 1 is 1.34 bits per heavy atom. The average Bonchev–Trinajstić information content (AvgIpc) is 3.33. The van der Waals surface area contributed by atoms with E-state index in [1.54, 1.807) is 25.3 Å². The first-order valence-electron chi connectivity index (χ1n) is 9.67. The lowest BCUT2D eigenvalue weighted by molar-refractivity contribution is -0.132. The molecule has 0 fully saturated rings. The summed E-state index contributed by atoms with van der Waals surface area (Å²) in [6.07, 6.45) is 0.862. The predicted molar refractivity (Wildman–Crippen MR) is 111 cm³/mol. The Morgan fingerprint density at radius 3 is 2.76 bits per heavy atom. The average molecular weight is 418 g/mol. The molecule has 0 aliphatic carbocycles. The Labute approximate surface area is 174 Å². The molecule has 3 amide bonds. The number of nitrogens with zero attached hydrogens (tertiary/aromatic N) is 3. The fourth-order valence-electron chi connectivity index (χ4n) is 3.17. The van der Waals surface area contributed by atoms with E-state index in [9.17, 15) is 14.4 Å². The summed E-state index contributed by atoms with van der Waals surface area (Å²) in [5.74, 6) is -0.429. The Kier molecular flexibility index (Phi) is 6.07. The number of rotatable bonds is 7. The van der Waals surface area contributed by atoms with Gasteiger partial charge in [0, 0.05) is 24.5 Å². The molecule has 2 aromatic heterocycles. The molecule has 3 heterocycles. The van der Waals surface area contributed by atoms with E-state index in [2.05, 4.69) is 29.6 Å². The Hall–Kier alpha value is -2.68. The molecule has 0 aromatic carbocycles. The maximum absolute atomic E-state index is 12.9. The molecule has 29 heavy (non-hydrogen) atoms. The summed E-state index contributed by atoms with van der Waals surface area (Å²) in [4.78, 5) is 40.6. The fourth-order valence-corrected chi connectivity index (χ4v) is 3.82. The maximum atomic E-state index is 12.9. The van der Waals surface area contributed by atoms with Crippen LogP contribution in [0.1, 0.15) is 53.0 Å². The highest BCUT2D eigenvalue weighted by atomic mass is 32.1. The van der Waals surface area contributed by atoms with Crippen LogP contribution in [-0.2, 0) is 17.9 Å². The summed E-state index contributed by atoms with van der Waals surface area (Å²) in [5.41, 5.74) is -0.596. The van der Waals surface area contributed by atoms with E-state index < -0.39 is 5.54 Å². The molecule has 8 nitrogen and oxygen atoms in total. The van der Waals surface area contributed by atoms with Gasteiger partial charge in [-0.15, -0.1) is 11.3 Å². The maximum Gasteiger partial charge on any atom is 0.272 e. The van der Waals surface area contributed by atoms with Crippen molar-refractivity contribution in [3.8, 4) is 0 Å². The van der Waals surface area contributed by atoms with E-state index in [1.165, 1.54) is 15.6 Å². The van der Waals surface area contributed by atoms with E-state index in [0.29, 0.717) is 24.7 Å². The molecule has 2 aromatic rings. The highest BCUT2D eigenvalue weighted by Crippen LogP contribution is 2.26. The SMILES string of the molecule is CC(C)CCNC(=O)[C@@]1(C)Cn2nc(C(=O)NCc3cccs3)cc2C(=O)N1C. The molecule has 9 heteroatoms. The highest BCUT2D eigenvalue weighted by Gasteiger charge is 2.46. The van der Waals surface area contributed by atoms with E-state index in [1.807, 2.05) is 17.5 Å². The van der Waals surface area contributed by atoms with Gasteiger partial charge < -0.3 is 15.5 Å². The molecule has 0 radical (unpaired) electrons. The van der Waals surface area contributed by atoms with Crippen molar-refractivity contribution < 1.29 is 14.4 Å². The summed E-state index contributed by atoms with van der Waals surface area (Å²) in [5, 5.41) is 12.0. The Morgan fingerprint density at radius 2 is 2.10 bits per heavy atom. The minimum Gasteiger partial charge on any atom is -0.354 e. The standard InChI is InChI=1S/C20H27N5O3S/c1-13(2)7-8-21-19(28)20(3)12-25-16(18(27)24(20)4)10-15(23-25)17(26)22-11-14-6-5-9-29-14/h5-6,9-10,13H,7-8,11-12H2,1-4H3,(H,21,28)(H,22,26)/t20-/m1/s1. The lowest BCUT2D eigenvalue weighted by atomic mass is 9.95. The number of thiophene rings is 1. The van der Waals surface area contributed by atoms with Gasteiger partial charge in [0.05, 0.1) is 13.1 Å². The molecule has 1 aliphatic heterocycles. The van der Waals surface area contributed by atoms with Crippen LogP contribution in [-0.4, -0.2) is 51.5 Å². The van der Waals surface area contributed by atoms with Gasteiger partial charge in [0.15, 0.2) is 5.69 Å². The van der Waals surface area contributed by atoms with Gasteiger partial charge in [0.1, 0.15) is 11.2 Å². The summed E-state index contributed by atoms with van der Waals surface area (Å²) in [6.45, 7) is 7.04. The van der Waals surface area contributed by atoms with Crippen molar-refractivity contribution in [2.45, 2.75) is 45.8 Å². The normalized spacial score (nSPS) is 18.7. The molecular weight excluding hydrogens is 390 g/mol. The van der Waals surface area contributed by atoms with Crippen molar-refractivity contribution in [1.82, 2.24) is 25.3 Å². The zero-order valence-electron chi connectivity index (χ0n) is 17.2. The van der Waals surface area contributed by atoms with Crippen molar-refractivity contribution in [1.29, 1.82) is 0 Å². The van der Waals surface area contributed by atoms with Crippen molar-refractivity contribution in [3.63, 3.8) is 0 Å². The lowest BCUT2D eigenvalue weighted by Crippen LogP contribution is -2.62. The van der Waals surface area contributed by atoms with Gasteiger partial charge in [0.2, 0.25) is 5.91 Å². The predicted octanol–water partition coefficient (Wildman–Crippen LogP) is 1.88. The molecule has 0 spiro atoms. The summed E-state index contributed by atoms with van der Waals surface area (Å²) in [7, 11) is 1.61. The molecule has 0 unspecified atom stereocenters. The van der Waals surface area contributed by atoms with E-state index in [-0.39, 0.29) is 30.0 Å². The van der Waals surface area contributed by atoms with Gasteiger partial charge in [-0.25, -0.2) is 0 Å². The smallest absolute Gasteiger partial charge is 0.272 e. The first kappa shape index (κ1) is 21.0. The first-order valence-corrected chi connectivity index (χ1v) is 10.5. The Balaban J connectivity index is 1.73. The van der Waals surface area contributed by atoms with Crippen LogP contribution in [0.2, 0.25) is 0 Å². The van der Waals surface area contributed by atoms with E-state index >= 15 is 0 Å². The second kappa shape index (κ2) is 8.36. The van der Waals surface area contributed by atoms with Crippen LogP contribution in [0.25, 0.3) is 0 Å². The fraction of sp³-hybridized carbons (Fsp3) is 0.500. The second-order valence-corrected chi connectivity index (χ2v) is 8.94. The van der Waals surface area contributed by atoms with Gasteiger partial charge in [-0.05, 0) is 30.7 Å². The zero-order valence-corrected chi connectivity index (χ0v) is 18.0. The quantitative estimate of drug-likeness (QED) is 0.719. The highest BCUT2D eigenvalue weighted by molar-refractivity contribution is 7.09. The van der Waals surface area contributed by atoms with Crippen molar-refractivity contribution in [2.75, 3.05) is 13.6 Å².